The van der Waals surface area contributed by atoms with Crippen LogP contribution in [0, 0.1) is 13.8 Å². The lowest BCUT2D eigenvalue weighted by Gasteiger charge is -2.17. The molecule has 1 atom stereocenters. The third kappa shape index (κ3) is 5.85. The maximum absolute atomic E-state index is 12.3. The number of imide groups is 1. The zero-order chi connectivity index (χ0) is 19.8. The van der Waals surface area contributed by atoms with Crippen molar-refractivity contribution >= 4 is 17.9 Å². The minimum atomic E-state index is -1.26. The van der Waals surface area contributed by atoms with Gasteiger partial charge in [0.2, 0.25) is 6.10 Å². The number of hydrogen-bond donors (Lipinski definition) is 2. The number of carbonyl (C=O) groups excluding carboxylic acids is 3. The van der Waals surface area contributed by atoms with E-state index in [0.717, 1.165) is 11.1 Å². The molecule has 0 unspecified atom stereocenters. The average molecular weight is 370 g/mol. The molecule has 0 bridgehead atoms. The molecule has 0 saturated heterocycles. The van der Waals surface area contributed by atoms with Gasteiger partial charge in [-0.3, -0.25) is 10.1 Å². The third-order valence-corrected chi connectivity index (χ3v) is 3.89. The SMILES string of the molecule is CNC(=O)NC(=O)[C@H](OC(=O)COc1ccc(C)c(C)c1)c1ccccc1. The molecule has 3 amide bonds. The lowest BCUT2D eigenvalue weighted by Crippen LogP contribution is -2.41. The molecule has 0 radical (unpaired) electrons. The molecule has 2 N–H and O–H groups in total. The molecule has 2 aromatic rings. The summed E-state index contributed by atoms with van der Waals surface area (Å²) in [6, 6.07) is 13.2. The van der Waals surface area contributed by atoms with E-state index in [-0.39, 0.29) is 6.61 Å². The van der Waals surface area contributed by atoms with Gasteiger partial charge in [0.15, 0.2) is 6.61 Å². The molecule has 27 heavy (non-hydrogen) atoms. The van der Waals surface area contributed by atoms with Crippen LogP contribution in [-0.4, -0.2) is 31.6 Å². The first-order valence-corrected chi connectivity index (χ1v) is 8.37. The highest BCUT2D eigenvalue weighted by Crippen LogP contribution is 2.19. The monoisotopic (exact) mass is 370 g/mol. The van der Waals surface area contributed by atoms with Crippen molar-refractivity contribution in [1.82, 2.24) is 10.6 Å². The van der Waals surface area contributed by atoms with Crippen LogP contribution in [0.25, 0.3) is 0 Å². The number of hydrogen-bond acceptors (Lipinski definition) is 5. The number of rotatable bonds is 6. The van der Waals surface area contributed by atoms with E-state index < -0.39 is 24.0 Å². The lowest BCUT2D eigenvalue weighted by atomic mass is 10.1. The summed E-state index contributed by atoms with van der Waals surface area (Å²) in [5.74, 6) is -0.949. The first-order valence-electron chi connectivity index (χ1n) is 8.37. The van der Waals surface area contributed by atoms with E-state index in [4.69, 9.17) is 9.47 Å². The summed E-state index contributed by atoms with van der Waals surface area (Å²) in [5, 5.41) is 4.39. The molecular formula is C20H22N2O5. The zero-order valence-electron chi connectivity index (χ0n) is 15.4. The molecule has 7 heteroatoms. The fourth-order valence-corrected chi connectivity index (χ4v) is 2.25. The normalized spacial score (nSPS) is 11.2. The molecule has 2 aromatic carbocycles. The van der Waals surface area contributed by atoms with Crippen molar-refractivity contribution in [2.45, 2.75) is 20.0 Å². The van der Waals surface area contributed by atoms with Gasteiger partial charge in [-0.2, -0.15) is 0 Å². The van der Waals surface area contributed by atoms with Crippen molar-refractivity contribution in [2.75, 3.05) is 13.7 Å². The quantitative estimate of drug-likeness (QED) is 0.762. The van der Waals surface area contributed by atoms with Crippen molar-refractivity contribution in [2.24, 2.45) is 0 Å². The van der Waals surface area contributed by atoms with Crippen molar-refractivity contribution in [3.05, 3.63) is 65.2 Å². The van der Waals surface area contributed by atoms with Gasteiger partial charge in [-0.1, -0.05) is 36.4 Å². The minimum Gasteiger partial charge on any atom is -0.482 e. The highest BCUT2D eigenvalue weighted by Gasteiger charge is 2.26. The van der Waals surface area contributed by atoms with Gasteiger partial charge in [0.05, 0.1) is 0 Å². The number of esters is 1. The van der Waals surface area contributed by atoms with Gasteiger partial charge in [-0.25, -0.2) is 9.59 Å². The first-order chi connectivity index (χ1) is 12.9. The Morgan fingerprint density at radius 1 is 1.00 bits per heavy atom. The molecule has 142 valence electrons. The van der Waals surface area contributed by atoms with Gasteiger partial charge in [0.1, 0.15) is 5.75 Å². The summed E-state index contributed by atoms with van der Waals surface area (Å²) < 4.78 is 10.7. The Balaban J connectivity index is 2.05. The van der Waals surface area contributed by atoms with Crippen LogP contribution in [0.15, 0.2) is 48.5 Å². The predicted molar refractivity (Wildman–Crippen MR) is 99.3 cm³/mol. The largest absolute Gasteiger partial charge is 0.482 e. The Morgan fingerprint density at radius 2 is 1.70 bits per heavy atom. The van der Waals surface area contributed by atoms with E-state index in [1.165, 1.54) is 7.05 Å². The van der Waals surface area contributed by atoms with Gasteiger partial charge in [0, 0.05) is 12.6 Å². The maximum Gasteiger partial charge on any atom is 0.345 e. The summed E-state index contributed by atoms with van der Waals surface area (Å²) in [5.41, 5.74) is 2.59. The number of nitrogens with one attached hydrogen (secondary N) is 2. The van der Waals surface area contributed by atoms with Crippen LogP contribution in [0.5, 0.6) is 5.75 Å². The third-order valence-electron chi connectivity index (χ3n) is 3.89. The Kier molecular flexibility index (Phi) is 6.93. The zero-order valence-corrected chi connectivity index (χ0v) is 15.4. The maximum atomic E-state index is 12.3. The van der Waals surface area contributed by atoms with Crippen molar-refractivity contribution < 1.29 is 23.9 Å². The number of aryl methyl sites for hydroxylation is 2. The summed E-state index contributed by atoms with van der Waals surface area (Å²) >= 11 is 0. The molecule has 0 aliphatic heterocycles. The van der Waals surface area contributed by atoms with E-state index in [1.807, 2.05) is 26.0 Å². The van der Waals surface area contributed by atoms with Crippen LogP contribution < -0.4 is 15.4 Å². The molecule has 0 saturated carbocycles. The second kappa shape index (κ2) is 9.38. The predicted octanol–water partition coefficient (Wildman–Crippen LogP) is 2.42. The molecule has 0 aromatic heterocycles. The number of carbonyl (C=O) groups is 3. The fraction of sp³-hybridized carbons (Fsp3) is 0.250. The number of urea groups is 1. The second-order valence-electron chi connectivity index (χ2n) is 5.88. The van der Waals surface area contributed by atoms with Crippen molar-refractivity contribution in [1.29, 1.82) is 0 Å². The standard InChI is InChI=1S/C20H22N2O5/c1-13-9-10-16(11-14(13)2)26-12-17(23)27-18(15-7-5-4-6-8-15)19(24)22-20(25)21-3/h4-11,18H,12H2,1-3H3,(H2,21,22,24,25)/t18-/m1/s1. The van der Waals surface area contributed by atoms with E-state index in [2.05, 4.69) is 10.6 Å². The Morgan fingerprint density at radius 3 is 2.33 bits per heavy atom. The molecule has 0 aliphatic carbocycles. The second-order valence-corrected chi connectivity index (χ2v) is 5.88. The van der Waals surface area contributed by atoms with Crippen molar-refractivity contribution in [3.63, 3.8) is 0 Å². The lowest BCUT2D eigenvalue weighted by molar-refractivity contribution is -0.158. The molecule has 2 rings (SSSR count). The van der Waals surface area contributed by atoms with Crippen LogP contribution >= 0.6 is 0 Å². The van der Waals surface area contributed by atoms with E-state index in [1.54, 1.807) is 36.4 Å². The highest BCUT2D eigenvalue weighted by atomic mass is 16.6. The summed E-state index contributed by atoms with van der Waals surface area (Å²) in [6.45, 7) is 3.55. The molecule has 7 nitrogen and oxygen atoms in total. The topological polar surface area (TPSA) is 93.7 Å². The van der Waals surface area contributed by atoms with Crippen molar-refractivity contribution in [3.8, 4) is 5.75 Å². The van der Waals surface area contributed by atoms with Gasteiger partial charge < -0.3 is 14.8 Å². The van der Waals surface area contributed by atoms with Crippen LogP contribution in [0.4, 0.5) is 4.79 Å². The van der Waals surface area contributed by atoms with E-state index in [0.29, 0.717) is 11.3 Å². The molecular weight excluding hydrogens is 348 g/mol. The summed E-state index contributed by atoms with van der Waals surface area (Å²) in [7, 11) is 1.38. The molecule has 0 heterocycles. The van der Waals surface area contributed by atoms with E-state index >= 15 is 0 Å². The fourth-order valence-electron chi connectivity index (χ4n) is 2.25. The van der Waals surface area contributed by atoms with Gasteiger partial charge in [-0.15, -0.1) is 0 Å². The van der Waals surface area contributed by atoms with Crippen LogP contribution in [0.2, 0.25) is 0 Å². The summed E-state index contributed by atoms with van der Waals surface area (Å²) in [6.07, 6.45) is -1.26. The van der Waals surface area contributed by atoms with Gasteiger partial charge >= 0.3 is 12.0 Å². The van der Waals surface area contributed by atoms with Gasteiger partial charge in [-0.05, 0) is 37.1 Å². The van der Waals surface area contributed by atoms with E-state index in [9.17, 15) is 14.4 Å². The number of benzene rings is 2. The smallest absolute Gasteiger partial charge is 0.345 e. The van der Waals surface area contributed by atoms with Crippen LogP contribution in [0.3, 0.4) is 0 Å². The van der Waals surface area contributed by atoms with Crippen LogP contribution in [0.1, 0.15) is 22.8 Å². The van der Waals surface area contributed by atoms with Crippen LogP contribution in [-0.2, 0) is 14.3 Å². The Hall–Kier alpha value is -3.35. The Labute approximate surface area is 157 Å². The minimum absolute atomic E-state index is 0.362. The molecule has 0 spiro atoms. The number of ether oxygens (including phenoxy) is 2. The summed E-state index contributed by atoms with van der Waals surface area (Å²) in [4.78, 5) is 35.9. The first kappa shape index (κ1) is 20.0. The molecule has 0 fully saturated rings. The highest BCUT2D eigenvalue weighted by molar-refractivity contribution is 5.97. The van der Waals surface area contributed by atoms with Gasteiger partial charge in [0.25, 0.3) is 5.91 Å². The number of amides is 3. The average Bonchev–Trinajstić information content (AvgIpc) is 2.67. The molecule has 0 aliphatic rings. The Bertz CT molecular complexity index is 820.